The van der Waals surface area contributed by atoms with Crippen LogP contribution in [0.2, 0.25) is 5.02 Å². The molecule has 0 bridgehead atoms. The Morgan fingerprint density at radius 1 is 1.10 bits per heavy atom. The van der Waals surface area contributed by atoms with Crippen LogP contribution in [0, 0.1) is 0 Å². The van der Waals surface area contributed by atoms with Crippen LogP contribution in [0.25, 0.3) is 6.08 Å². The van der Waals surface area contributed by atoms with Crippen molar-refractivity contribution < 1.29 is 23.8 Å². The van der Waals surface area contributed by atoms with Crippen molar-refractivity contribution in [3.05, 3.63) is 97.8 Å². The van der Waals surface area contributed by atoms with Crippen LogP contribution in [0.4, 0.5) is 0 Å². The number of hydrogen-bond acceptors (Lipinski definition) is 7. The lowest BCUT2D eigenvalue weighted by Gasteiger charge is -2.25. The molecule has 0 spiro atoms. The SMILES string of the molecule is CCCOC(=O)C(c1ccccc1)N1C(=O)/C(=C/c2cc(Br)c(OCc3ccc(Cl)cc3)c(OCC)c2)SC1=S. The van der Waals surface area contributed by atoms with Crippen LogP contribution in [0.15, 0.2) is 76.1 Å². The summed E-state index contributed by atoms with van der Waals surface area (Å²) in [6.45, 7) is 4.80. The first kappa shape index (κ1) is 30.1. The van der Waals surface area contributed by atoms with Gasteiger partial charge in [-0.15, -0.1) is 0 Å². The average Bonchev–Trinajstić information content (AvgIpc) is 3.21. The number of amides is 1. The van der Waals surface area contributed by atoms with E-state index < -0.39 is 12.0 Å². The van der Waals surface area contributed by atoms with E-state index >= 15 is 0 Å². The largest absolute Gasteiger partial charge is 0.490 e. The lowest BCUT2D eigenvalue weighted by atomic mass is 10.1. The number of halogens is 2. The van der Waals surface area contributed by atoms with Crippen LogP contribution in [0.5, 0.6) is 11.5 Å². The fraction of sp³-hybridized carbons (Fsp3) is 0.233. The van der Waals surface area contributed by atoms with Gasteiger partial charge in [0.2, 0.25) is 0 Å². The van der Waals surface area contributed by atoms with E-state index in [-0.39, 0.29) is 16.8 Å². The summed E-state index contributed by atoms with van der Waals surface area (Å²) in [7, 11) is 0. The number of carbonyl (C=O) groups is 2. The highest BCUT2D eigenvalue weighted by atomic mass is 79.9. The van der Waals surface area contributed by atoms with E-state index in [1.54, 1.807) is 18.2 Å². The fourth-order valence-corrected chi connectivity index (χ4v) is 5.98. The maximum atomic E-state index is 13.6. The molecule has 3 aromatic carbocycles. The van der Waals surface area contributed by atoms with Crippen LogP contribution in [-0.2, 0) is 20.9 Å². The van der Waals surface area contributed by atoms with Crippen LogP contribution in [0.1, 0.15) is 43.0 Å². The minimum Gasteiger partial charge on any atom is -0.490 e. The summed E-state index contributed by atoms with van der Waals surface area (Å²) in [5.74, 6) is 0.186. The van der Waals surface area contributed by atoms with Crippen molar-refractivity contribution in [2.24, 2.45) is 0 Å². The third-order valence-electron chi connectivity index (χ3n) is 5.79. The zero-order valence-electron chi connectivity index (χ0n) is 21.9. The van der Waals surface area contributed by atoms with Gasteiger partial charge in [0.25, 0.3) is 5.91 Å². The number of carbonyl (C=O) groups excluding carboxylic acids is 2. The Labute approximate surface area is 256 Å². The van der Waals surface area contributed by atoms with E-state index in [0.29, 0.717) is 56.7 Å². The summed E-state index contributed by atoms with van der Waals surface area (Å²) in [6.07, 6.45) is 2.40. The van der Waals surface area contributed by atoms with Crippen molar-refractivity contribution in [2.75, 3.05) is 13.2 Å². The molecule has 3 aromatic rings. The van der Waals surface area contributed by atoms with E-state index in [9.17, 15) is 9.59 Å². The number of thiocarbonyl (C=S) groups is 1. The molecule has 1 fully saturated rings. The van der Waals surface area contributed by atoms with Crippen LogP contribution < -0.4 is 9.47 Å². The minimum absolute atomic E-state index is 0.257. The smallest absolute Gasteiger partial charge is 0.333 e. The normalized spacial score (nSPS) is 14.9. The summed E-state index contributed by atoms with van der Waals surface area (Å²) in [5, 5.41) is 0.655. The number of thioether (sulfide) groups is 1. The zero-order chi connectivity index (χ0) is 28.6. The van der Waals surface area contributed by atoms with Gasteiger partial charge in [0, 0.05) is 5.02 Å². The van der Waals surface area contributed by atoms with Gasteiger partial charge in [0.15, 0.2) is 17.5 Å². The molecule has 0 N–H and O–H groups in total. The van der Waals surface area contributed by atoms with Crippen LogP contribution >= 0.6 is 51.5 Å². The third kappa shape index (κ3) is 7.26. The monoisotopic (exact) mass is 659 g/mol. The minimum atomic E-state index is -0.972. The van der Waals surface area contributed by atoms with E-state index in [1.165, 1.54) is 4.90 Å². The van der Waals surface area contributed by atoms with Gasteiger partial charge in [-0.25, -0.2) is 4.79 Å². The topological polar surface area (TPSA) is 65.1 Å². The molecule has 4 rings (SSSR count). The predicted octanol–water partition coefficient (Wildman–Crippen LogP) is 7.98. The Kier molecular flexibility index (Phi) is 10.7. The van der Waals surface area contributed by atoms with E-state index in [2.05, 4.69) is 15.9 Å². The molecule has 1 saturated heterocycles. The van der Waals surface area contributed by atoms with Gasteiger partial charge in [-0.05, 0) is 76.3 Å². The fourth-order valence-electron chi connectivity index (χ4n) is 3.97. The highest BCUT2D eigenvalue weighted by Gasteiger charge is 2.42. The first-order valence-electron chi connectivity index (χ1n) is 12.6. The molecular weight excluding hydrogens is 634 g/mol. The zero-order valence-corrected chi connectivity index (χ0v) is 25.9. The average molecular weight is 661 g/mol. The standard InChI is InChI=1S/C30H27BrClNO5S2/c1-3-14-37-29(35)26(21-8-6-5-7-9-21)33-28(34)25(40-30(33)39)17-20-15-23(31)27(24(16-20)36-4-2)38-18-19-10-12-22(32)13-11-19/h5-13,15-17,26H,3-4,14,18H2,1-2H3/b25-17-. The Morgan fingerprint density at radius 2 is 1.82 bits per heavy atom. The number of esters is 1. The van der Waals surface area contributed by atoms with Crippen LogP contribution in [-0.4, -0.2) is 34.3 Å². The molecule has 6 nitrogen and oxygen atoms in total. The maximum absolute atomic E-state index is 13.6. The Balaban J connectivity index is 1.61. The molecule has 1 atom stereocenters. The van der Waals surface area contributed by atoms with Gasteiger partial charge in [0.05, 0.1) is 22.6 Å². The third-order valence-corrected chi connectivity index (χ3v) is 7.97. The molecule has 1 heterocycles. The Hall–Kier alpha value is -2.85. The van der Waals surface area contributed by atoms with Gasteiger partial charge >= 0.3 is 5.97 Å². The second-order valence-electron chi connectivity index (χ2n) is 8.71. The summed E-state index contributed by atoms with van der Waals surface area (Å²) < 4.78 is 18.3. The van der Waals surface area contributed by atoms with Gasteiger partial charge in [-0.1, -0.05) is 85.0 Å². The summed E-state index contributed by atoms with van der Waals surface area (Å²) in [6, 6.07) is 19.1. The number of nitrogens with zero attached hydrogens (tertiary/aromatic N) is 1. The lowest BCUT2D eigenvalue weighted by Crippen LogP contribution is -2.38. The Bertz CT molecular complexity index is 1420. The number of hydrogen-bond donors (Lipinski definition) is 0. The van der Waals surface area contributed by atoms with Gasteiger partial charge in [-0.2, -0.15) is 0 Å². The van der Waals surface area contributed by atoms with Crippen molar-refractivity contribution in [3.8, 4) is 11.5 Å². The lowest BCUT2D eigenvalue weighted by molar-refractivity contribution is -0.151. The number of ether oxygens (including phenoxy) is 3. The van der Waals surface area contributed by atoms with E-state index in [4.69, 9.17) is 38.0 Å². The molecule has 0 saturated carbocycles. The molecular formula is C30H27BrClNO5S2. The van der Waals surface area contributed by atoms with Crippen molar-refractivity contribution in [3.63, 3.8) is 0 Å². The van der Waals surface area contributed by atoms with Gasteiger partial charge < -0.3 is 14.2 Å². The Morgan fingerprint density at radius 3 is 2.50 bits per heavy atom. The summed E-state index contributed by atoms with van der Waals surface area (Å²) in [5.41, 5.74) is 2.29. The first-order chi connectivity index (χ1) is 19.3. The highest BCUT2D eigenvalue weighted by Crippen LogP contribution is 2.42. The second kappa shape index (κ2) is 14.2. The van der Waals surface area contributed by atoms with Gasteiger partial charge in [-0.3, -0.25) is 9.69 Å². The predicted molar refractivity (Wildman–Crippen MR) is 167 cm³/mol. The molecule has 0 aliphatic carbocycles. The first-order valence-corrected chi connectivity index (χ1v) is 15.0. The second-order valence-corrected chi connectivity index (χ2v) is 11.7. The molecule has 1 aliphatic rings. The van der Waals surface area contributed by atoms with Gasteiger partial charge in [0.1, 0.15) is 10.9 Å². The molecule has 1 amide bonds. The molecule has 0 aromatic heterocycles. The highest BCUT2D eigenvalue weighted by molar-refractivity contribution is 9.10. The van der Waals surface area contributed by atoms with Crippen molar-refractivity contribution >= 4 is 73.8 Å². The number of rotatable bonds is 11. The molecule has 40 heavy (non-hydrogen) atoms. The van der Waals surface area contributed by atoms with E-state index in [0.717, 1.165) is 17.3 Å². The van der Waals surface area contributed by atoms with E-state index in [1.807, 2.05) is 68.4 Å². The number of benzene rings is 3. The molecule has 1 aliphatic heterocycles. The molecule has 1 unspecified atom stereocenters. The van der Waals surface area contributed by atoms with Crippen LogP contribution in [0.3, 0.4) is 0 Å². The van der Waals surface area contributed by atoms with Crippen molar-refractivity contribution in [1.82, 2.24) is 4.90 Å². The maximum Gasteiger partial charge on any atom is 0.333 e. The van der Waals surface area contributed by atoms with Crippen molar-refractivity contribution in [2.45, 2.75) is 32.9 Å². The van der Waals surface area contributed by atoms with Crippen molar-refractivity contribution in [1.29, 1.82) is 0 Å². The molecule has 0 radical (unpaired) electrons. The quantitative estimate of drug-likeness (QED) is 0.117. The molecule has 208 valence electrons. The summed E-state index contributed by atoms with van der Waals surface area (Å²) >= 11 is 16.3. The molecule has 10 heteroatoms. The summed E-state index contributed by atoms with van der Waals surface area (Å²) in [4.78, 5) is 28.4.